The van der Waals surface area contributed by atoms with Crippen molar-refractivity contribution in [3.05, 3.63) is 86.4 Å². The van der Waals surface area contributed by atoms with Crippen LogP contribution in [0.15, 0.2) is 48.5 Å². The molecule has 3 N–H and O–H groups in total. The number of benzene rings is 3. The van der Waals surface area contributed by atoms with Crippen molar-refractivity contribution in [2.45, 2.75) is 15.1 Å². The summed E-state index contributed by atoms with van der Waals surface area (Å²) in [4.78, 5) is 36.1. The zero-order chi connectivity index (χ0) is 29.5. The summed E-state index contributed by atoms with van der Waals surface area (Å²) in [6.07, 6.45) is 0. The molecule has 6 nitrogen and oxygen atoms in total. The van der Waals surface area contributed by atoms with E-state index in [4.69, 9.17) is 81.2 Å². The average molecular weight is 691 g/mol. The molecule has 2 atom stereocenters. The monoisotopic (exact) mass is 687 g/mol. The minimum Gasteiger partial charge on any atom is -0.326 e. The van der Waals surface area contributed by atoms with Crippen molar-refractivity contribution >= 4 is 116 Å². The van der Waals surface area contributed by atoms with Gasteiger partial charge in [0.05, 0.1) is 37.9 Å². The van der Waals surface area contributed by atoms with Crippen LogP contribution >= 0.6 is 81.2 Å². The van der Waals surface area contributed by atoms with Crippen molar-refractivity contribution in [2.24, 2.45) is 5.92 Å². The number of amides is 3. The molecule has 0 heterocycles. The van der Waals surface area contributed by atoms with Gasteiger partial charge in [-0.3, -0.25) is 14.4 Å². The minimum absolute atomic E-state index is 0.0391. The van der Waals surface area contributed by atoms with E-state index in [0.29, 0.717) is 16.7 Å². The summed E-state index contributed by atoms with van der Waals surface area (Å²) in [7, 11) is 0. The van der Waals surface area contributed by atoms with Crippen LogP contribution in [0.25, 0.3) is 0 Å². The molecule has 4 rings (SSSR count). The Labute approximate surface area is 261 Å². The Morgan fingerprint density at radius 2 is 1.40 bits per heavy atom. The lowest BCUT2D eigenvalue weighted by atomic mass is 10.1. The van der Waals surface area contributed by atoms with Gasteiger partial charge in [-0.25, -0.2) is 8.78 Å². The first kappa shape index (κ1) is 30.9. The van der Waals surface area contributed by atoms with Crippen LogP contribution in [0.2, 0.25) is 15.1 Å². The molecule has 3 amide bonds. The number of halogens is 9. The van der Waals surface area contributed by atoms with Crippen LogP contribution in [0.5, 0.6) is 0 Å². The quantitative estimate of drug-likeness (QED) is 0.218. The van der Waals surface area contributed by atoms with Crippen molar-refractivity contribution < 1.29 is 23.2 Å². The molecule has 1 aliphatic carbocycles. The van der Waals surface area contributed by atoms with Gasteiger partial charge in [0.2, 0.25) is 5.91 Å². The third-order valence-electron chi connectivity index (χ3n) is 5.88. The Balaban J connectivity index is 1.51. The maximum Gasteiger partial charge on any atom is 0.257 e. The van der Waals surface area contributed by atoms with E-state index < -0.39 is 61.7 Å². The summed E-state index contributed by atoms with van der Waals surface area (Å²) in [6.45, 7) is 0. The molecule has 0 saturated heterocycles. The van der Waals surface area contributed by atoms with E-state index >= 15 is 0 Å². The van der Waals surface area contributed by atoms with Gasteiger partial charge in [0.15, 0.2) is 4.84 Å². The molecule has 3 aromatic carbocycles. The van der Waals surface area contributed by atoms with Crippen LogP contribution in [0.3, 0.4) is 0 Å². The van der Waals surface area contributed by atoms with Crippen LogP contribution in [0, 0.1) is 17.6 Å². The number of carbonyl (C=O) groups is 3. The first-order valence-corrected chi connectivity index (χ1v) is 13.8. The van der Waals surface area contributed by atoms with Crippen molar-refractivity contribution in [1.29, 1.82) is 0 Å². The maximum absolute atomic E-state index is 14.4. The second-order valence-electron chi connectivity index (χ2n) is 8.54. The third-order valence-corrected chi connectivity index (χ3v) is 8.28. The molecule has 1 fully saturated rings. The van der Waals surface area contributed by atoms with Gasteiger partial charge in [0, 0.05) is 17.7 Å². The van der Waals surface area contributed by atoms with Gasteiger partial charge in [-0.2, -0.15) is 0 Å². The smallest absolute Gasteiger partial charge is 0.257 e. The average Bonchev–Trinajstić information content (AvgIpc) is 3.46. The fourth-order valence-electron chi connectivity index (χ4n) is 3.89. The Bertz CT molecular complexity index is 1540. The molecule has 0 aromatic heterocycles. The zero-order valence-electron chi connectivity index (χ0n) is 19.5. The van der Waals surface area contributed by atoms with Gasteiger partial charge >= 0.3 is 0 Å². The van der Waals surface area contributed by atoms with E-state index in [9.17, 15) is 23.2 Å². The van der Waals surface area contributed by atoms with Gasteiger partial charge in [-0.05, 0) is 42.0 Å². The summed E-state index contributed by atoms with van der Waals surface area (Å²) in [5.74, 6) is -6.12. The van der Waals surface area contributed by atoms with Crippen molar-refractivity contribution in [2.75, 3.05) is 16.0 Å². The summed E-state index contributed by atoms with van der Waals surface area (Å²) >= 11 is 41.9. The van der Waals surface area contributed by atoms with Gasteiger partial charge < -0.3 is 16.0 Å². The molecule has 0 bridgehead atoms. The lowest BCUT2D eigenvalue weighted by Crippen LogP contribution is -2.20. The second kappa shape index (κ2) is 12.1. The van der Waals surface area contributed by atoms with Crippen LogP contribution in [0.1, 0.15) is 21.8 Å². The maximum atomic E-state index is 14.4. The highest BCUT2D eigenvalue weighted by atomic mass is 35.5. The van der Waals surface area contributed by atoms with Crippen LogP contribution < -0.4 is 16.0 Å². The van der Waals surface area contributed by atoms with E-state index in [2.05, 4.69) is 16.0 Å². The molecule has 0 aliphatic heterocycles. The van der Waals surface area contributed by atoms with Crippen LogP contribution in [-0.2, 0) is 9.59 Å². The summed E-state index contributed by atoms with van der Waals surface area (Å²) in [5, 5.41) is 7.51. The predicted molar refractivity (Wildman–Crippen MR) is 156 cm³/mol. The number of hydrogen-bond donors (Lipinski definition) is 3. The predicted octanol–water partition coefficient (Wildman–Crippen LogP) is 8.45. The summed E-state index contributed by atoms with van der Waals surface area (Å²) in [5.41, 5.74) is -0.349. The highest BCUT2D eigenvalue weighted by Gasteiger charge is 2.67. The lowest BCUT2D eigenvalue weighted by molar-refractivity contribution is -0.117. The molecular weight excluding hydrogens is 676 g/mol. The number of rotatable bonds is 7. The zero-order valence-corrected chi connectivity index (χ0v) is 24.8. The van der Waals surface area contributed by atoms with Gasteiger partial charge in [0.1, 0.15) is 16.0 Å². The Kier molecular flexibility index (Phi) is 9.32. The number of alkyl halides is 4. The molecule has 0 spiro atoms. The highest BCUT2D eigenvalue weighted by molar-refractivity contribution is 6.54. The minimum atomic E-state index is -1.52. The topological polar surface area (TPSA) is 87.3 Å². The summed E-state index contributed by atoms with van der Waals surface area (Å²) in [6, 6.07) is 10.1. The van der Waals surface area contributed by atoms with Crippen molar-refractivity contribution in [3.63, 3.8) is 0 Å². The lowest BCUT2D eigenvalue weighted by Gasteiger charge is -2.13. The molecule has 210 valence electrons. The Hall–Kier alpha value is -2.04. The molecule has 40 heavy (non-hydrogen) atoms. The summed E-state index contributed by atoms with van der Waals surface area (Å²) < 4.78 is 27.1. The molecule has 1 aliphatic rings. The van der Waals surface area contributed by atoms with Gasteiger partial charge in [0.25, 0.3) is 11.8 Å². The Morgan fingerprint density at radius 3 is 2.02 bits per heavy atom. The van der Waals surface area contributed by atoms with E-state index in [1.54, 1.807) is 18.2 Å². The molecule has 15 heteroatoms. The van der Waals surface area contributed by atoms with Crippen molar-refractivity contribution in [3.8, 4) is 0 Å². The van der Waals surface area contributed by atoms with Crippen LogP contribution in [-0.4, -0.2) is 26.9 Å². The fourth-order valence-corrected chi connectivity index (χ4v) is 5.34. The number of hydrogen-bond acceptors (Lipinski definition) is 3. The van der Waals surface area contributed by atoms with E-state index in [1.165, 1.54) is 18.2 Å². The normalized spacial score (nSPS) is 17.4. The number of nitrogens with one attached hydrogen (secondary N) is 3. The first-order valence-electron chi connectivity index (χ1n) is 11.0. The van der Waals surface area contributed by atoms with E-state index in [0.717, 1.165) is 6.07 Å². The molecule has 1 saturated carbocycles. The second-order valence-corrected chi connectivity index (χ2v) is 12.3. The number of anilines is 3. The van der Waals surface area contributed by atoms with Crippen molar-refractivity contribution in [1.82, 2.24) is 0 Å². The molecular formula is C25H14Cl7F2N3O3. The third kappa shape index (κ3) is 6.54. The first-order chi connectivity index (χ1) is 18.7. The molecule has 0 radical (unpaired) electrons. The SMILES string of the molecule is O=C(Nc1cc(NC(=O)C(Cl)Cl)c(F)cc1F)c1cc(NC(=O)C2[C@H](c3ccc(Cl)c(Cl)c3)C2(Cl)Cl)ccc1Cl. The fraction of sp³-hybridized carbons (Fsp3) is 0.160. The standard InChI is InChI=1S/C25H14Cl7F2N3O3/c26-12-4-2-10(35-23(39)20-19(25(20,31)32)9-1-3-13(27)14(28)5-9)6-11(12)22(38)36-17-8-18(16(34)7-15(17)33)37-24(40)21(29)30/h1-8,19-21H,(H,35,39)(H,36,38)(H,37,40)/t19-,20?/m0/s1. The number of carbonyl (C=O) groups excluding carboxylic acids is 3. The van der Waals surface area contributed by atoms with E-state index in [-0.39, 0.29) is 21.3 Å². The van der Waals surface area contributed by atoms with Crippen LogP contribution in [0.4, 0.5) is 25.8 Å². The molecule has 1 unspecified atom stereocenters. The largest absolute Gasteiger partial charge is 0.326 e. The molecule has 3 aromatic rings. The van der Waals surface area contributed by atoms with E-state index in [1.807, 2.05) is 0 Å². The Morgan fingerprint density at radius 1 is 0.775 bits per heavy atom. The van der Waals surface area contributed by atoms with Gasteiger partial charge in [-0.1, -0.05) is 64.1 Å². The highest BCUT2D eigenvalue weighted by Crippen LogP contribution is 2.65. The van der Waals surface area contributed by atoms with Gasteiger partial charge in [-0.15, -0.1) is 23.2 Å².